The van der Waals surface area contributed by atoms with Crippen LogP contribution in [0.25, 0.3) is 0 Å². The molecule has 88 valence electrons. The molecule has 0 aromatic heterocycles. The molecule has 0 heterocycles. The highest BCUT2D eigenvalue weighted by Crippen LogP contribution is 2.47. The molecule has 1 saturated carbocycles. The van der Waals surface area contributed by atoms with Crippen molar-refractivity contribution in [3.63, 3.8) is 0 Å². The Labute approximate surface area is 94.6 Å². The van der Waals surface area contributed by atoms with Crippen LogP contribution in [-0.2, 0) is 4.79 Å². The zero-order valence-electron chi connectivity index (χ0n) is 10.9. The molecule has 1 aliphatic carbocycles. The van der Waals surface area contributed by atoms with Crippen LogP contribution in [0.2, 0.25) is 0 Å². The fraction of sp³-hybridized carbons (Fsp3) is 0.929. The minimum atomic E-state index is 0.246. The molecule has 15 heavy (non-hydrogen) atoms. The van der Waals surface area contributed by atoms with Crippen molar-refractivity contribution in [2.75, 3.05) is 0 Å². The van der Waals surface area contributed by atoms with Crippen molar-refractivity contribution in [2.45, 2.75) is 53.9 Å². The predicted octanol–water partition coefficient (Wildman–Crippen LogP) is 3.92. The van der Waals surface area contributed by atoms with Crippen LogP contribution in [0.3, 0.4) is 0 Å². The summed E-state index contributed by atoms with van der Waals surface area (Å²) in [4.78, 5) is 10.7. The van der Waals surface area contributed by atoms with Crippen molar-refractivity contribution < 1.29 is 4.79 Å². The summed E-state index contributed by atoms with van der Waals surface area (Å²) in [6.45, 7) is 11.5. The van der Waals surface area contributed by atoms with Crippen molar-refractivity contribution in [1.29, 1.82) is 0 Å². The number of rotatable bonds is 3. The van der Waals surface area contributed by atoms with E-state index in [1.54, 1.807) is 0 Å². The van der Waals surface area contributed by atoms with Crippen LogP contribution in [0.1, 0.15) is 53.9 Å². The molecule has 4 unspecified atom stereocenters. The molecule has 0 spiro atoms. The zero-order chi connectivity index (χ0) is 11.6. The summed E-state index contributed by atoms with van der Waals surface area (Å²) in [7, 11) is 0. The summed E-state index contributed by atoms with van der Waals surface area (Å²) in [5.41, 5.74) is 0.429. The molecule has 1 heteroatoms. The molecule has 0 N–H and O–H groups in total. The first-order valence-electron chi connectivity index (χ1n) is 6.31. The fourth-order valence-corrected chi connectivity index (χ4v) is 3.34. The average molecular weight is 210 g/mol. The van der Waals surface area contributed by atoms with E-state index in [2.05, 4.69) is 27.7 Å². The number of aldehydes is 1. The van der Waals surface area contributed by atoms with E-state index in [0.717, 1.165) is 30.5 Å². The minimum Gasteiger partial charge on any atom is -0.303 e. The van der Waals surface area contributed by atoms with E-state index in [1.807, 2.05) is 6.92 Å². The Morgan fingerprint density at radius 3 is 2.33 bits per heavy atom. The van der Waals surface area contributed by atoms with Gasteiger partial charge in [-0.1, -0.05) is 34.6 Å². The maximum Gasteiger partial charge on any atom is 0.122 e. The lowest BCUT2D eigenvalue weighted by atomic mass is 9.73. The second kappa shape index (κ2) is 4.67. The number of carbonyl (C=O) groups excluding carboxylic acids is 1. The Bertz CT molecular complexity index is 214. The normalized spacial score (nSPS) is 34.1. The topological polar surface area (TPSA) is 17.1 Å². The molecular weight excluding hydrogens is 184 g/mol. The zero-order valence-corrected chi connectivity index (χ0v) is 10.9. The fourth-order valence-electron chi connectivity index (χ4n) is 3.34. The third-order valence-electron chi connectivity index (χ3n) is 4.25. The van der Waals surface area contributed by atoms with Crippen molar-refractivity contribution >= 4 is 6.29 Å². The van der Waals surface area contributed by atoms with Crippen molar-refractivity contribution in [1.82, 2.24) is 0 Å². The largest absolute Gasteiger partial charge is 0.303 e. The molecule has 1 nitrogen and oxygen atoms in total. The van der Waals surface area contributed by atoms with Gasteiger partial charge in [-0.3, -0.25) is 0 Å². The van der Waals surface area contributed by atoms with E-state index in [9.17, 15) is 4.79 Å². The van der Waals surface area contributed by atoms with Gasteiger partial charge in [-0.05, 0) is 42.4 Å². The molecule has 0 aromatic rings. The molecule has 0 bridgehead atoms. The van der Waals surface area contributed by atoms with E-state index in [-0.39, 0.29) is 5.92 Å². The second-order valence-electron chi connectivity index (χ2n) is 6.52. The summed E-state index contributed by atoms with van der Waals surface area (Å²) in [6, 6.07) is 0. The van der Waals surface area contributed by atoms with Crippen molar-refractivity contribution in [2.24, 2.45) is 29.1 Å². The SMILES string of the molecule is CC(C=O)CC1CCC(C(C)(C)C)C1C. The predicted molar refractivity (Wildman–Crippen MR) is 64.7 cm³/mol. The molecule has 1 aliphatic rings. The monoisotopic (exact) mass is 210 g/mol. The average Bonchev–Trinajstić information content (AvgIpc) is 2.47. The smallest absolute Gasteiger partial charge is 0.122 e. The van der Waals surface area contributed by atoms with Crippen LogP contribution in [0.4, 0.5) is 0 Å². The molecule has 0 radical (unpaired) electrons. The lowest BCUT2D eigenvalue weighted by Gasteiger charge is -2.32. The van der Waals surface area contributed by atoms with E-state index in [1.165, 1.54) is 12.8 Å². The summed E-state index contributed by atoms with van der Waals surface area (Å²) in [5, 5.41) is 0. The molecule has 4 atom stereocenters. The van der Waals surface area contributed by atoms with Gasteiger partial charge in [0, 0.05) is 5.92 Å². The molecular formula is C14H26O. The summed E-state index contributed by atoms with van der Waals surface area (Å²) in [5.74, 6) is 2.64. The van der Waals surface area contributed by atoms with Gasteiger partial charge in [0.05, 0.1) is 0 Å². The van der Waals surface area contributed by atoms with Gasteiger partial charge in [0.1, 0.15) is 6.29 Å². The maximum atomic E-state index is 10.7. The first-order valence-corrected chi connectivity index (χ1v) is 6.31. The van der Waals surface area contributed by atoms with Crippen LogP contribution in [0, 0.1) is 29.1 Å². The van der Waals surface area contributed by atoms with E-state index in [4.69, 9.17) is 0 Å². The molecule has 1 rings (SSSR count). The highest BCUT2D eigenvalue weighted by Gasteiger charge is 2.39. The maximum absolute atomic E-state index is 10.7. The lowest BCUT2D eigenvalue weighted by Crippen LogP contribution is -2.25. The van der Waals surface area contributed by atoms with Crippen LogP contribution in [0.5, 0.6) is 0 Å². The van der Waals surface area contributed by atoms with Gasteiger partial charge in [-0.25, -0.2) is 0 Å². The molecule has 0 aromatic carbocycles. The van der Waals surface area contributed by atoms with E-state index >= 15 is 0 Å². The molecule has 0 aliphatic heterocycles. The molecule has 1 fully saturated rings. The third-order valence-corrected chi connectivity index (χ3v) is 4.25. The van der Waals surface area contributed by atoms with Crippen LogP contribution < -0.4 is 0 Å². The summed E-state index contributed by atoms with van der Waals surface area (Å²) < 4.78 is 0. The molecule has 0 saturated heterocycles. The second-order valence-corrected chi connectivity index (χ2v) is 6.52. The van der Waals surface area contributed by atoms with Gasteiger partial charge in [-0.15, -0.1) is 0 Å². The Hall–Kier alpha value is -0.330. The Morgan fingerprint density at radius 2 is 1.93 bits per heavy atom. The van der Waals surface area contributed by atoms with Crippen molar-refractivity contribution in [3.8, 4) is 0 Å². The Kier molecular flexibility index (Phi) is 3.97. The van der Waals surface area contributed by atoms with Crippen LogP contribution >= 0.6 is 0 Å². The first kappa shape index (κ1) is 12.7. The lowest BCUT2D eigenvalue weighted by molar-refractivity contribution is -0.111. The van der Waals surface area contributed by atoms with Gasteiger partial charge in [0.15, 0.2) is 0 Å². The van der Waals surface area contributed by atoms with Crippen LogP contribution in [0.15, 0.2) is 0 Å². The standard InChI is InChI=1S/C14H26O/c1-10(9-15)8-12-6-7-13(11(12)2)14(3,4)5/h9-13H,6-8H2,1-5H3. The Morgan fingerprint density at radius 1 is 1.33 bits per heavy atom. The minimum absolute atomic E-state index is 0.246. The summed E-state index contributed by atoms with van der Waals surface area (Å²) in [6.07, 6.45) is 4.87. The molecule has 0 amide bonds. The summed E-state index contributed by atoms with van der Waals surface area (Å²) >= 11 is 0. The number of carbonyl (C=O) groups is 1. The third kappa shape index (κ3) is 3.06. The Balaban J connectivity index is 2.56. The first-order chi connectivity index (χ1) is 6.86. The van der Waals surface area contributed by atoms with Gasteiger partial charge < -0.3 is 4.79 Å². The highest BCUT2D eigenvalue weighted by molar-refractivity contribution is 5.52. The van der Waals surface area contributed by atoms with Gasteiger partial charge >= 0.3 is 0 Å². The van der Waals surface area contributed by atoms with Gasteiger partial charge in [0.2, 0.25) is 0 Å². The van der Waals surface area contributed by atoms with E-state index in [0.29, 0.717) is 5.41 Å². The van der Waals surface area contributed by atoms with Gasteiger partial charge in [-0.2, -0.15) is 0 Å². The van der Waals surface area contributed by atoms with Crippen LogP contribution in [-0.4, -0.2) is 6.29 Å². The number of hydrogen-bond donors (Lipinski definition) is 0. The highest BCUT2D eigenvalue weighted by atomic mass is 16.1. The number of hydrogen-bond acceptors (Lipinski definition) is 1. The van der Waals surface area contributed by atoms with E-state index < -0.39 is 0 Å². The van der Waals surface area contributed by atoms with Gasteiger partial charge in [0.25, 0.3) is 0 Å². The van der Waals surface area contributed by atoms with Crippen molar-refractivity contribution in [3.05, 3.63) is 0 Å². The quantitative estimate of drug-likeness (QED) is 0.645.